The van der Waals surface area contributed by atoms with Gasteiger partial charge in [0, 0.05) is 5.56 Å². The standard InChI is InChI=1S/C23H28FN3O4S/c1-13(2)18-7-8-19(24)20(14(3)4)21(18)26-22(28)27-32(30,31)17-10-15(12-25)9-16(11-17)23(5,6)29/h7-11,13-14,29H,1-6H3,(H2,26,27,28). The molecular formula is C23H28FN3O4S. The number of hydrogen-bond acceptors (Lipinski definition) is 5. The van der Waals surface area contributed by atoms with Crippen LogP contribution in [0.4, 0.5) is 14.9 Å². The summed E-state index contributed by atoms with van der Waals surface area (Å²) in [5, 5.41) is 21.9. The van der Waals surface area contributed by atoms with Crippen molar-refractivity contribution >= 4 is 21.7 Å². The van der Waals surface area contributed by atoms with Crippen LogP contribution in [-0.2, 0) is 15.6 Å². The second-order valence-corrected chi connectivity index (χ2v) is 10.4. The third-order valence-corrected chi connectivity index (χ3v) is 6.25. The highest BCUT2D eigenvalue weighted by Gasteiger charge is 2.25. The number of sulfonamides is 1. The largest absolute Gasteiger partial charge is 0.386 e. The second-order valence-electron chi connectivity index (χ2n) is 8.71. The average molecular weight is 462 g/mol. The molecule has 9 heteroatoms. The Bertz CT molecular complexity index is 1180. The lowest BCUT2D eigenvalue weighted by molar-refractivity contribution is 0.0783. The number of halogens is 1. The molecule has 2 rings (SSSR count). The highest BCUT2D eigenvalue weighted by atomic mass is 32.2. The monoisotopic (exact) mass is 461 g/mol. The van der Waals surface area contributed by atoms with E-state index < -0.39 is 27.5 Å². The molecule has 2 aromatic carbocycles. The molecule has 0 spiro atoms. The van der Waals surface area contributed by atoms with Crippen LogP contribution in [0.15, 0.2) is 35.2 Å². The average Bonchev–Trinajstić information content (AvgIpc) is 2.65. The van der Waals surface area contributed by atoms with Crippen LogP contribution in [0.1, 0.15) is 75.6 Å². The molecule has 0 fully saturated rings. The third kappa shape index (κ3) is 5.64. The molecule has 0 aliphatic rings. The number of aliphatic hydroxyl groups is 1. The summed E-state index contributed by atoms with van der Waals surface area (Å²) >= 11 is 0. The van der Waals surface area contributed by atoms with Crippen molar-refractivity contribution in [3.05, 3.63) is 58.4 Å². The molecule has 0 aromatic heterocycles. The Kier molecular flexibility index (Phi) is 7.33. The number of rotatable bonds is 6. The summed E-state index contributed by atoms with van der Waals surface area (Å²) in [4.78, 5) is 12.3. The molecule has 0 radical (unpaired) electrons. The molecule has 0 saturated carbocycles. The first-order valence-electron chi connectivity index (χ1n) is 10.1. The second kappa shape index (κ2) is 9.27. The van der Waals surface area contributed by atoms with Crippen molar-refractivity contribution in [1.29, 1.82) is 5.26 Å². The Morgan fingerprint density at radius 2 is 1.75 bits per heavy atom. The van der Waals surface area contributed by atoms with E-state index >= 15 is 0 Å². The van der Waals surface area contributed by atoms with Gasteiger partial charge in [-0.05, 0) is 61.1 Å². The van der Waals surface area contributed by atoms with E-state index in [4.69, 9.17) is 0 Å². The first-order chi connectivity index (χ1) is 14.7. The summed E-state index contributed by atoms with van der Waals surface area (Å²) in [6.45, 7) is 10.2. The molecule has 0 aliphatic heterocycles. The van der Waals surface area contributed by atoms with Crippen molar-refractivity contribution in [1.82, 2.24) is 4.72 Å². The van der Waals surface area contributed by atoms with Gasteiger partial charge >= 0.3 is 6.03 Å². The minimum absolute atomic E-state index is 0.0136. The molecule has 0 unspecified atom stereocenters. The van der Waals surface area contributed by atoms with E-state index in [0.29, 0.717) is 5.56 Å². The zero-order valence-electron chi connectivity index (χ0n) is 18.9. The van der Waals surface area contributed by atoms with Gasteiger partial charge < -0.3 is 10.4 Å². The normalized spacial score (nSPS) is 12.0. The van der Waals surface area contributed by atoms with Gasteiger partial charge in [-0.25, -0.2) is 22.3 Å². The fraction of sp³-hybridized carbons (Fsp3) is 0.391. The van der Waals surface area contributed by atoms with Gasteiger partial charge in [-0.3, -0.25) is 0 Å². The fourth-order valence-electron chi connectivity index (χ4n) is 3.29. The van der Waals surface area contributed by atoms with Crippen LogP contribution in [0, 0.1) is 17.1 Å². The first kappa shape index (κ1) is 25.3. The number of carbonyl (C=O) groups excluding carboxylic acids is 1. The lowest BCUT2D eigenvalue weighted by atomic mass is 9.92. The summed E-state index contributed by atoms with van der Waals surface area (Å²) < 4.78 is 42.1. The number of urea groups is 1. The number of anilines is 1. The van der Waals surface area contributed by atoms with Gasteiger partial charge in [-0.2, -0.15) is 5.26 Å². The highest BCUT2D eigenvalue weighted by Crippen LogP contribution is 2.34. The predicted molar refractivity (Wildman–Crippen MR) is 120 cm³/mol. The Balaban J connectivity index is 2.45. The topological polar surface area (TPSA) is 119 Å². The zero-order valence-corrected chi connectivity index (χ0v) is 19.8. The van der Waals surface area contributed by atoms with Crippen LogP contribution < -0.4 is 10.0 Å². The molecule has 2 amide bonds. The first-order valence-corrected chi connectivity index (χ1v) is 11.6. The van der Waals surface area contributed by atoms with Crippen molar-refractivity contribution in [2.24, 2.45) is 0 Å². The zero-order chi connectivity index (χ0) is 24.4. The molecule has 0 saturated heterocycles. The van der Waals surface area contributed by atoms with E-state index in [0.717, 1.165) is 6.07 Å². The minimum Gasteiger partial charge on any atom is -0.386 e. The molecule has 0 heterocycles. The minimum atomic E-state index is -4.39. The van der Waals surface area contributed by atoms with Crippen molar-refractivity contribution in [3.8, 4) is 6.07 Å². The summed E-state index contributed by atoms with van der Waals surface area (Å²) in [5.41, 5.74) is -0.0192. The Hall–Kier alpha value is -2.96. The molecule has 172 valence electrons. The van der Waals surface area contributed by atoms with Crippen LogP contribution >= 0.6 is 0 Å². The van der Waals surface area contributed by atoms with Gasteiger partial charge in [0.15, 0.2) is 0 Å². The van der Waals surface area contributed by atoms with Crippen LogP contribution in [0.25, 0.3) is 0 Å². The van der Waals surface area contributed by atoms with Crippen LogP contribution in [0.5, 0.6) is 0 Å². The maximum atomic E-state index is 14.5. The van der Waals surface area contributed by atoms with Gasteiger partial charge in [0.05, 0.1) is 27.8 Å². The summed E-state index contributed by atoms with van der Waals surface area (Å²) in [6.07, 6.45) is 0. The van der Waals surface area contributed by atoms with Gasteiger partial charge in [-0.1, -0.05) is 33.8 Å². The smallest absolute Gasteiger partial charge is 0.333 e. The van der Waals surface area contributed by atoms with Gasteiger partial charge in [0.1, 0.15) is 5.82 Å². The number of hydrogen-bond donors (Lipinski definition) is 3. The molecular weight excluding hydrogens is 433 g/mol. The summed E-state index contributed by atoms with van der Waals surface area (Å²) in [5.74, 6) is -0.817. The van der Waals surface area contributed by atoms with E-state index in [2.05, 4.69) is 5.32 Å². The molecule has 0 bridgehead atoms. The molecule has 0 aliphatic carbocycles. The molecule has 2 aromatic rings. The van der Waals surface area contributed by atoms with Crippen molar-refractivity contribution in [3.63, 3.8) is 0 Å². The molecule has 32 heavy (non-hydrogen) atoms. The number of nitrogens with zero attached hydrogens (tertiary/aromatic N) is 1. The molecule has 3 N–H and O–H groups in total. The fourth-order valence-corrected chi connectivity index (χ4v) is 4.27. The highest BCUT2D eigenvalue weighted by molar-refractivity contribution is 7.90. The van der Waals surface area contributed by atoms with Crippen LogP contribution in [-0.4, -0.2) is 19.6 Å². The molecule has 7 nitrogen and oxygen atoms in total. The van der Waals surface area contributed by atoms with E-state index in [9.17, 15) is 28.0 Å². The van der Waals surface area contributed by atoms with Gasteiger partial charge in [0.2, 0.25) is 0 Å². The van der Waals surface area contributed by atoms with E-state index in [1.165, 1.54) is 32.0 Å². The van der Waals surface area contributed by atoms with Crippen molar-refractivity contribution < 1.29 is 22.7 Å². The Morgan fingerprint density at radius 3 is 2.25 bits per heavy atom. The maximum absolute atomic E-state index is 14.5. The Morgan fingerprint density at radius 1 is 1.12 bits per heavy atom. The van der Waals surface area contributed by atoms with E-state index in [1.54, 1.807) is 19.9 Å². The van der Waals surface area contributed by atoms with Crippen LogP contribution in [0.2, 0.25) is 0 Å². The van der Waals surface area contributed by atoms with Crippen LogP contribution in [0.3, 0.4) is 0 Å². The Labute approximate surface area is 188 Å². The number of carbonyl (C=O) groups is 1. The number of benzene rings is 2. The number of nitrogens with one attached hydrogen (secondary N) is 2. The third-order valence-electron chi connectivity index (χ3n) is 4.94. The maximum Gasteiger partial charge on any atom is 0.333 e. The van der Waals surface area contributed by atoms with Crippen molar-refractivity contribution in [2.45, 2.75) is 63.9 Å². The quantitative estimate of drug-likeness (QED) is 0.577. The molecule has 0 atom stereocenters. The van der Waals surface area contributed by atoms with Gasteiger partial charge in [0.25, 0.3) is 10.0 Å². The summed E-state index contributed by atoms with van der Waals surface area (Å²) in [6, 6.07) is 7.34. The summed E-state index contributed by atoms with van der Waals surface area (Å²) in [7, 11) is -4.39. The van der Waals surface area contributed by atoms with E-state index in [-0.39, 0.29) is 39.1 Å². The number of amides is 2. The lowest BCUT2D eigenvalue weighted by Gasteiger charge is -2.21. The predicted octanol–water partition coefficient (Wildman–Crippen LogP) is 4.68. The lowest BCUT2D eigenvalue weighted by Crippen LogP contribution is -2.35. The van der Waals surface area contributed by atoms with Gasteiger partial charge in [-0.15, -0.1) is 0 Å². The van der Waals surface area contributed by atoms with Crippen molar-refractivity contribution in [2.75, 3.05) is 5.32 Å². The number of nitriles is 1. The van der Waals surface area contributed by atoms with E-state index in [1.807, 2.05) is 24.6 Å². The SMILES string of the molecule is CC(C)c1ccc(F)c(C(C)C)c1NC(=O)NS(=O)(=O)c1cc(C#N)cc(C(C)(C)O)c1.